The average Bonchev–Trinajstić information content (AvgIpc) is 2.45. The fourth-order valence-corrected chi connectivity index (χ4v) is 4.03. The van der Waals surface area contributed by atoms with Gasteiger partial charge in [0.15, 0.2) is 9.84 Å². The van der Waals surface area contributed by atoms with Crippen LogP contribution in [0, 0.1) is 22.7 Å². The van der Waals surface area contributed by atoms with E-state index < -0.39 is 19.9 Å². The van der Waals surface area contributed by atoms with Gasteiger partial charge in [-0.05, 0) is 24.6 Å². The Morgan fingerprint density at radius 3 is 2.09 bits per heavy atom. The Morgan fingerprint density at radius 2 is 1.59 bits per heavy atom. The number of hydrogen-bond donors (Lipinski definition) is 0. The van der Waals surface area contributed by atoms with Crippen molar-refractivity contribution >= 4 is 19.9 Å². The molecule has 0 saturated carbocycles. The molecule has 0 aliphatic heterocycles. The van der Waals surface area contributed by atoms with Crippen LogP contribution >= 0.6 is 0 Å². The van der Waals surface area contributed by atoms with Gasteiger partial charge in [0.05, 0.1) is 27.5 Å². The first-order chi connectivity index (χ1) is 10.1. The molecule has 0 radical (unpaired) electrons. The van der Waals surface area contributed by atoms with Gasteiger partial charge in [-0.25, -0.2) is 21.1 Å². The molecule has 22 heavy (non-hydrogen) atoms. The Kier molecular flexibility index (Phi) is 5.66. The molecule has 1 rings (SSSR count). The Bertz CT molecular complexity index is 844. The monoisotopic (exact) mass is 341 g/mol. The number of sulfonamides is 1. The molecule has 0 aromatic heterocycles. The van der Waals surface area contributed by atoms with Crippen LogP contribution in [0.4, 0.5) is 0 Å². The van der Waals surface area contributed by atoms with Crippen molar-refractivity contribution in [2.24, 2.45) is 0 Å². The fraction of sp³-hybridized carbons (Fsp3) is 0.385. The molecule has 7 nitrogen and oxygen atoms in total. The van der Waals surface area contributed by atoms with Crippen LogP contribution in [0.25, 0.3) is 0 Å². The predicted molar refractivity (Wildman–Crippen MR) is 80.0 cm³/mol. The lowest BCUT2D eigenvalue weighted by Crippen LogP contribution is -2.26. The number of rotatable bonds is 6. The van der Waals surface area contributed by atoms with Crippen LogP contribution in [-0.2, 0) is 19.9 Å². The van der Waals surface area contributed by atoms with Crippen LogP contribution in [0.15, 0.2) is 23.1 Å². The highest BCUT2D eigenvalue weighted by atomic mass is 32.2. The number of benzene rings is 1. The summed E-state index contributed by atoms with van der Waals surface area (Å²) in [7, 11) is -4.41. The molecule has 0 N–H and O–H groups in total. The molecular weight excluding hydrogens is 326 g/mol. The van der Waals surface area contributed by atoms with Gasteiger partial charge < -0.3 is 0 Å². The lowest BCUT2D eigenvalue weighted by Gasteiger charge is -2.11. The minimum Gasteiger partial charge on any atom is -0.224 e. The standard InChI is InChI=1S/C13H15N3O4S2/c1-16(2)22(19,20)7-3-6-21(17,18)13-5-4-11(9-14)12(8-13)10-15/h4-5,8H,3,6-7H2,1-2H3. The maximum Gasteiger partial charge on any atom is 0.213 e. The lowest BCUT2D eigenvalue weighted by molar-refractivity contribution is 0.519. The molecule has 0 heterocycles. The molecule has 1 aromatic rings. The Labute approximate surface area is 130 Å². The summed E-state index contributed by atoms with van der Waals surface area (Å²) in [5.41, 5.74) is 0.0705. The molecule has 0 amide bonds. The SMILES string of the molecule is CN(C)S(=O)(=O)CCCS(=O)(=O)c1ccc(C#N)c(C#N)c1. The van der Waals surface area contributed by atoms with E-state index >= 15 is 0 Å². The highest BCUT2D eigenvalue weighted by Crippen LogP contribution is 2.17. The number of sulfone groups is 1. The summed E-state index contributed by atoms with van der Waals surface area (Å²) >= 11 is 0. The van der Waals surface area contributed by atoms with E-state index in [0.29, 0.717) is 0 Å². The minimum atomic E-state index is -3.71. The summed E-state index contributed by atoms with van der Waals surface area (Å²) in [6.07, 6.45) is -0.0509. The first-order valence-electron chi connectivity index (χ1n) is 6.21. The molecule has 0 fully saturated rings. The van der Waals surface area contributed by atoms with Crippen molar-refractivity contribution < 1.29 is 16.8 Å². The summed E-state index contributed by atoms with van der Waals surface area (Å²) < 4.78 is 48.5. The molecule has 118 valence electrons. The zero-order valence-corrected chi connectivity index (χ0v) is 13.8. The quantitative estimate of drug-likeness (QED) is 0.742. The van der Waals surface area contributed by atoms with Crippen LogP contribution in [0.5, 0.6) is 0 Å². The molecule has 0 aliphatic carbocycles. The molecule has 0 unspecified atom stereocenters. The second-order valence-corrected chi connectivity index (χ2v) is 9.11. The van der Waals surface area contributed by atoms with Crippen LogP contribution in [0.3, 0.4) is 0 Å². The van der Waals surface area contributed by atoms with E-state index in [1.54, 1.807) is 12.1 Å². The Balaban J connectivity index is 2.93. The summed E-state index contributed by atoms with van der Waals surface area (Å²) in [4.78, 5) is -0.0923. The van der Waals surface area contributed by atoms with Crippen LogP contribution in [0.2, 0.25) is 0 Å². The van der Waals surface area contributed by atoms with Gasteiger partial charge in [-0.2, -0.15) is 10.5 Å². The summed E-state index contributed by atoms with van der Waals surface area (Å²) in [5.74, 6) is -0.628. The molecule has 0 spiro atoms. The molecule has 0 aliphatic rings. The van der Waals surface area contributed by atoms with Crippen molar-refractivity contribution in [3.05, 3.63) is 29.3 Å². The molecule has 0 atom stereocenters. The van der Waals surface area contributed by atoms with Gasteiger partial charge in [0.1, 0.15) is 12.1 Å². The van der Waals surface area contributed by atoms with E-state index in [2.05, 4.69) is 0 Å². The van der Waals surface area contributed by atoms with Crippen molar-refractivity contribution in [2.45, 2.75) is 11.3 Å². The maximum atomic E-state index is 12.2. The minimum absolute atomic E-state index is 0.0236. The van der Waals surface area contributed by atoms with E-state index in [1.165, 1.54) is 26.2 Å². The van der Waals surface area contributed by atoms with E-state index in [4.69, 9.17) is 10.5 Å². The third-order valence-corrected chi connectivity index (χ3v) is 6.68. The number of nitrogens with zero attached hydrogens (tertiary/aromatic N) is 3. The highest BCUT2D eigenvalue weighted by molar-refractivity contribution is 7.91. The third kappa shape index (κ3) is 4.28. The zero-order chi connectivity index (χ0) is 17.0. The van der Waals surface area contributed by atoms with Crippen LogP contribution in [-0.4, -0.2) is 46.7 Å². The summed E-state index contributed by atoms with van der Waals surface area (Å²) in [6, 6.07) is 7.21. The van der Waals surface area contributed by atoms with Gasteiger partial charge in [0, 0.05) is 14.1 Å². The van der Waals surface area contributed by atoms with Gasteiger partial charge in [0.2, 0.25) is 10.0 Å². The fourth-order valence-electron chi connectivity index (χ4n) is 1.64. The molecule has 0 bridgehead atoms. The van der Waals surface area contributed by atoms with Crippen LogP contribution in [0.1, 0.15) is 17.5 Å². The molecule has 9 heteroatoms. The van der Waals surface area contributed by atoms with Gasteiger partial charge in [-0.3, -0.25) is 0 Å². The summed E-state index contributed by atoms with van der Waals surface area (Å²) in [5, 5.41) is 17.7. The predicted octanol–water partition coefficient (Wildman–Crippen LogP) is 0.485. The van der Waals surface area contributed by atoms with Crippen molar-refractivity contribution in [1.29, 1.82) is 10.5 Å². The van der Waals surface area contributed by atoms with Crippen LogP contribution < -0.4 is 0 Å². The lowest BCUT2D eigenvalue weighted by atomic mass is 10.1. The first kappa shape index (κ1) is 18.1. The summed E-state index contributed by atoms with van der Waals surface area (Å²) in [6.45, 7) is 0. The normalized spacial score (nSPS) is 11.9. The smallest absolute Gasteiger partial charge is 0.213 e. The van der Waals surface area contributed by atoms with E-state index in [-0.39, 0.29) is 33.9 Å². The van der Waals surface area contributed by atoms with Crippen molar-refractivity contribution in [3.8, 4) is 12.1 Å². The Hall–Kier alpha value is -1.94. The van der Waals surface area contributed by atoms with E-state index in [9.17, 15) is 16.8 Å². The Morgan fingerprint density at radius 1 is 1.00 bits per heavy atom. The third-order valence-electron chi connectivity index (χ3n) is 2.96. The highest BCUT2D eigenvalue weighted by Gasteiger charge is 2.19. The van der Waals surface area contributed by atoms with Crippen molar-refractivity contribution in [2.75, 3.05) is 25.6 Å². The molecule has 1 aromatic carbocycles. The van der Waals surface area contributed by atoms with Gasteiger partial charge >= 0.3 is 0 Å². The van der Waals surface area contributed by atoms with Gasteiger partial charge in [-0.15, -0.1) is 0 Å². The molecule has 0 saturated heterocycles. The average molecular weight is 341 g/mol. The van der Waals surface area contributed by atoms with Gasteiger partial charge in [-0.1, -0.05) is 0 Å². The second-order valence-electron chi connectivity index (χ2n) is 4.70. The second kappa shape index (κ2) is 6.88. The molecular formula is C13H15N3O4S2. The zero-order valence-electron chi connectivity index (χ0n) is 12.1. The van der Waals surface area contributed by atoms with Gasteiger partial charge in [0.25, 0.3) is 0 Å². The maximum absolute atomic E-state index is 12.2. The first-order valence-corrected chi connectivity index (χ1v) is 9.47. The van der Waals surface area contributed by atoms with E-state index in [0.717, 1.165) is 10.4 Å². The van der Waals surface area contributed by atoms with Crippen molar-refractivity contribution in [1.82, 2.24) is 4.31 Å². The topological polar surface area (TPSA) is 119 Å². The van der Waals surface area contributed by atoms with E-state index in [1.807, 2.05) is 0 Å². The number of nitriles is 2. The van der Waals surface area contributed by atoms with Crippen molar-refractivity contribution in [3.63, 3.8) is 0 Å². The number of hydrogen-bond acceptors (Lipinski definition) is 6. The largest absolute Gasteiger partial charge is 0.224 e.